The van der Waals surface area contributed by atoms with Crippen LogP contribution in [0.3, 0.4) is 0 Å². The Bertz CT molecular complexity index is 828. The highest BCUT2D eigenvalue weighted by Gasteiger charge is 2.17. The third-order valence-electron chi connectivity index (χ3n) is 3.79. The van der Waals surface area contributed by atoms with Gasteiger partial charge in [-0.25, -0.2) is 4.79 Å². The molecule has 0 unspecified atom stereocenters. The molecule has 0 bridgehead atoms. The molecule has 1 amide bonds. The number of ether oxygens (including phenoxy) is 2. The Balaban J connectivity index is 2.05. The summed E-state index contributed by atoms with van der Waals surface area (Å²) >= 11 is 3.51. The fourth-order valence-corrected chi connectivity index (χ4v) is 3.18. The van der Waals surface area contributed by atoms with Crippen molar-refractivity contribution >= 4 is 27.8 Å². The van der Waals surface area contributed by atoms with Crippen LogP contribution < -0.4 is 10.1 Å². The maximum Gasteiger partial charge on any atom is 0.407 e. The van der Waals surface area contributed by atoms with E-state index in [9.17, 15) is 9.59 Å². The van der Waals surface area contributed by atoms with Crippen LogP contribution >= 0.6 is 15.9 Å². The maximum absolute atomic E-state index is 12.1. The number of amides is 1. The van der Waals surface area contributed by atoms with E-state index in [1.54, 1.807) is 0 Å². The zero-order valence-electron chi connectivity index (χ0n) is 16.7. The van der Waals surface area contributed by atoms with Gasteiger partial charge in [-0.2, -0.15) is 0 Å². The zero-order chi connectivity index (χ0) is 20.7. The number of hydrogen-bond donors (Lipinski definition) is 1. The molecule has 2 rings (SSSR count). The summed E-state index contributed by atoms with van der Waals surface area (Å²) < 4.78 is 11.8. The third-order valence-corrected chi connectivity index (χ3v) is 4.38. The molecule has 1 N–H and O–H groups in total. The van der Waals surface area contributed by atoms with Crippen LogP contribution in [0.5, 0.6) is 5.75 Å². The maximum atomic E-state index is 12.1. The van der Waals surface area contributed by atoms with Gasteiger partial charge in [-0.15, -0.1) is 0 Å². The van der Waals surface area contributed by atoms with Gasteiger partial charge in [0, 0.05) is 6.54 Å². The lowest BCUT2D eigenvalue weighted by Crippen LogP contribution is -2.33. The molecule has 0 saturated carbocycles. The number of carbonyl (C=O) groups is 2. The first kappa shape index (κ1) is 22.0. The summed E-state index contributed by atoms with van der Waals surface area (Å²) in [5.41, 5.74) is 1.92. The minimum atomic E-state index is -0.535. The molecule has 0 radical (unpaired) electrons. The van der Waals surface area contributed by atoms with Crippen LogP contribution in [0.25, 0.3) is 0 Å². The lowest BCUT2D eigenvalue weighted by Gasteiger charge is -2.19. The largest absolute Gasteiger partial charge is 0.487 e. The summed E-state index contributed by atoms with van der Waals surface area (Å²) in [6.45, 7) is 7.74. The quantitative estimate of drug-likeness (QED) is 0.584. The summed E-state index contributed by atoms with van der Waals surface area (Å²) in [5.74, 6) is 0.450. The van der Waals surface area contributed by atoms with E-state index < -0.39 is 11.7 Å². The second-order valence-electron chi connectivity index (χ2n) is 7.46. The first-order valence-electron chi connectivity index (χ1n) is 9.12. The van der Waals surface area contributed by atoms with E-state index in [0.29, 0.717) is 35.4 Å². The van der Waals surface area contributed by atoms with Crippen LogP contribution in [-0.2, 0) is 17.8 Å². The molecule has 0 heterocycles. The molecule has 0 aliphatic carbocycles. The summed E-state index contributed by atoms with van der Waals surface area (Å²) in [6, 6.07) is 13.5. The van der Waals surface area contributed by atoms with Crippen molar-refractivity contribution in [2.24, 2.45) is 0 Å². The van der Waals surface area contributed by atoms with Crippen molar-refractivity contribution in [3.63, 3.8) is 0 Å². The normalized spacial score (nSPS) is 11.0. The highest BCUT2D eigenvalue weighted by molar-refractivity contribution is 9.10. The molecule has 0 fully saturated rings. The van der Waals surface area contributed by atoms with Gasteiger partial charge in [0.25, 0.3) is 0 Å². The lowest BCUT2D eigenvalue weighted by atomic mass is 10.0. The molecule has 0 aliphatic heterocycles. The fourth-order valence-electron chi connectivity index (χ4n) is 2.55. The van der Waals surface area contributed by atoms with Crippen LogP contribution in [0.4, 0.5) is 4.79 Å². The topological polar surface area (TPSA) is 64.6 Å². The molecule has 2 aromatic carbocycles. The van der Waals surface area contributed by atoms with Crippen molar-refractivity contribution in [2.75, 3.05) is 6.54 Å². The number of halogens is 1. The smallest absolute Gasteiger partial charge is 0.407 e. The first-order valence-corrected chi connectivity index (χ1v) is 9.92. The molecule has 28 heavy (non-hydrogen) atoms. The van der Waals surface area contributed by atoms with Gasteiger partial charge in [0.05, 0.1) is 10.0 Å². The Labute approximate surface area is 174 Å². The number of rotatable bonds is 7. The number of nitrogens with one attached hydrogen (secondary N) is 1. The van der Waals surface area contributed by atoms with E-state index in [4.69, 9.17) is 9.47 Å². The molecule has 0 aromatic heterocycles. The van der Waals surface area contributed by atoms with E-state index in [1.165, 1.54) is 6.92 Å². The van der Waals surface area contributed by atoms with Gasteiger partial charge in [-0.05, 0) is 73.3 Å². The summed E-state index contributed by atoms with van der Waals surface area (Å²) in [6.07, 6.45) is 0.109. The highest BCUT2D eigenvalue weighted by atomic mass is 79.9. The van der Waals surface area contributed by atoms with Crippen molar-refractivity contribution in [1.29, 1.82) is 0 Å². The molecular formula is C22H26BrNO4. The average Bonchev–Trinajstić information content (AvgIpc) is 2.59. The molecule has 150 valence electrons. The van der Waals surface area contributed by atoms with Gasteiger partial charge < -0.3 is 14.8 Å². The Morgan fingerprint density at radius 1 is 1.07 bits per heavy atom. The fraction of sp³-hybridized carbons (Fsp3) is 0.364. The second-order valence-corrected chi connectivity index (χ2v) is 8.32. The minimum Gasteiger partial charge on any atom is -0.487 e. The molecule has 0 spiro atoms. The van der Waals surface area contributed by atoms with Crippen LogP contribution in [-0.4, -0.2) is 24.0 Å². The third kappa shape index (κ3) is 7.00. The van der Waals surface area contributed by atoms with Crippen LogP contribution in [0.2, 0.25) is 0 Å². The van der Waals surface area contributed by atoms with Crippen molar-refractivity contribution < 1.29 is 19.1 Å². The standard InChI is InChI=1S/C22H26BrNO4/c1-15(25)18-12-17(10-11-24-21(26)28-22(2,3)4)13-19(23)20(18)27-14-16-8-6-5-7-9-16/h5-9,12-13H,10-11,14H2,1-4H3,(H,24,26). The second kappa shape index (κ2) is 9.73. The first-order chi connectivity index (χ1) is 13.2. The number of carbonyl (C=O) groups excluding carboxylic acids is 2. The Morgan fingerprint density at radius 2 is 1.75 bits per heavy atom. The zero-order valence-corrected chi connectivity index (χ0v) is 18.3. The van der Waals surface area contributed by atoms with E-state index in [0.717, 1.165) is 11.1 Å². The Hall–Kier alpha value is -2.34. The molecule has 0 atom stereocenters. The van der Waals surface area contributed by atoms with E-state index in [1.807, 2.05) is 63.2 Å². The van der Waals surface area contributed by atoms with E-state index in [-0.39, 0.29) is 5.78 Å². The van der Waals surface area contributed by atoms with E-state index >= 15 is 0 Å². The molecule has 5 nitrogen and oxygen atoms in total. The summed E-state index contributed by atoms with van der Waals surface area (Å²) in [4.78, 5) is 23.9. The number of hydrogen-bond acceptors (Lipinski definition) is 4. The van der Waals surface area contributed by atoms with Gasteiger partial charge in [0.2, 0.25) is 0 Å². The lowest BCUT2D eigenvalue weighted by molar-refractivity contribution is 0.0528. The van der Waals surface area contributed by atoms with Gasteiger partial charge in [0.15, 0.2) is 5.78 Å². The van der Waals surface area contributed by atoms with Crippen molar-refractivity contribution in [2.45, 2.75) is 46.3 Å². The van der Waals surface area contributed by atoms with Crippen LogP contribution in [0.1, 0.15) is 49.2 Å². The SMILES string of the molecule is CC(=O)c1cc(CCNC(=O)OC(C)(C)C)cc(Br)c1OCc1ccccc1. The number of Topliss-reactive ketones (excluding diaryl/α,β-unsaturated/α-hetero) is 1. The predicted molar refractivity (Wildman–Crippen MR) is 113 cm³/mol. The average molecular weight is 448 g/mol. The van der Waals surface area contributed by atoms with Gasteiger partial charge in [0.1, 0.15) is 18.0 Å². The summed E-state index contributed by atoms with van der Waals surface area (Å²) in [5, 5.41) is 2.72. The Kier molecular flexibility index (Phi) is 7.63. The van der Waals surface area contributed by atoms with Gasteiger partial charge >= 0.3 is 6.09 Å². The molecule has 6 heteroatoms. The van der Waals surface area contributed by atoms with Crippen molar-refractivity contribution in [1.82, 2.24) is 5.32 Å². The minimum absolute atomic E-state index is 0.0780. The highest BCUT2D eigenvalue weighted by Crippen LogP contribution is 2.32. The van der Waals surface area contributed by atoms with Gasteiger partial charge in [-0.3, -0.25) is 4.79 Å². The number of alkyl carbamates (subject to hydrolysis) is 1. The van der Waals surface area contributed by atoms with Crippen molar-refractivity contribution in [3.8, 4) is 5.75 Å². The van der Waals surface area contributed by atoms with Crippen LogP contribution in [0, 0.1) is 0 Å². The molecular weight excluding hydrogens is 422 g/mol. The molecule has 0 saturated heterocycles. The van der Waals surface area contributed by atoms with E-state index in [2.05, 4.69) is 21.2 Å². The Morgan fingerprint density at radius 3 is 2.36 bits per heavy atom. The molecule has 2 aromatic rings. The predicted octanol–water partition coefficient (Wildman–Crippen LogP) is 5.30. The molecule has 0 aliphatic rings. The van der Waals surface area contributed by atoms with Crippen LogP contribution in [0.15, 0.2) is 46.9 Å². The summed E-state index contributed by atoms with van der Waals surface area (Å²) in [7, 11) is 0. The van der Waals surface area contributed by atoms with Crippen molar-refractivity contribution in [3.05, 3.63) is 63.6 Å². The van der Waals surface area contributed by atoms with Gasteiger partial charge in [-0.1, -0.05) is 30.3 Å². The number of benzene rings is 2. The number of ketones is 1. The monoisotopic (exact) mass is 447 g/mol.